The van der Waals surface area contributed by atoms with Gasteiger partial charge in [0.25, 0.3) is 0 Å². The second-order valence-corrected chi connectivity index (χ2v) is 7.03. The highest BCUT2D eigenvalue weighted by atomic mass is 19.4. The molecule has 2 fully saturated rings. The second-order valence-electron chi connectivity index (χ2n) is 7.03. The van der Waals surface area contributed by atoms with Gasteiger partial charge in [0.05, 0.1) is 0 Å². The summed E-state index contributed by atoms with van der Waals surface area (Å²) < 4.78 is 42.3. The van der Waals surface area contributed by atoms with Crippen LogP contribution in [0.25, 0.3) is 0 Å². The van der Waals surface area contributed by atoms with Crippen molar-refractivity contribution in [1.82, 2.24) is 15.1 Å². The van der Waals surface area contributed by atoms with Crippen molar-refractivity contribution in [2.45, 2.75) is 44.0 Å². The molecular formula is C16H30F3N3O. The predicted octanol–water partition coefficient (Wildman–Crippen LogP) is 2.31. The number of likely N-dealkylation sites (tertiary alicyclic amines) is 2. The molecule has 2 saturated heterocycles. The summed E-state index contributed by atoms with van der Waals surface area (Å²) in [5.41, 5.74) is -0.820. The van der Waals surface area contributed by atoms with Crippen LogP contribution in [0.4, 0.5) is 13.2 Å². The summed E-state index contributed by atoms with van der Waals surface area (Å²) in [5, 5.41) is 2.97. The lowest BCUT2D eigenvalue weighted by molar-refractivity contribution is -0.219. The van der Waals surface area contributed by atoms with Gasteiger partial charge in [-0.15, -0.1) is 0 Å². The first kappa shape index (κ1) is 19.0. The Morgan fingerprint density at radius 3 is 2.26 bits per heavy atom. The summed E-state index contributed by atoms with van der Waals surface area (Å²) in [5.74, 6) is 0.795. The maximum absolute atomic E-state index is 12.4. The standard InChI is InChI=1S/C16H30F3N3O/c1-20-15(23-13-16(17,18)19)6-11-22(12-7-15)10-5-14-3-8-21(2)9-4-14/h14,20H,3-13H2,1-2H3. The molecule has 0 spiro atoms. The van der Waals surface area contributed by atoms with Crippen LogP contribution in [0, 0.1) is 5.92 Å². The number of nitrogens with one attached hydrogen (secondary N) is 1. The molecule has 0 aromatic heterocycles. The topological polar surface area (TPSA) is 27.7 Å². The van der Waals surface area contributed by atoms with E-state index in [1.54, 1.807) is 7.05 Å². The van der Waals surface area contributed by atoms with E-state index in [9.17, 15) is 13.2 Å². The number of hydrogen-bond acceptors (Lipinski definition) is 4. The Morgan fingerprint density at radius 1 is 1.13 bits per heavy atom. The van der Waals surface area contributed by atoms with Crippen molar-refractivity contribution in [2.75, 3.05) is 53.4 Å². The van der Waals surface area contributed by atoms with E-state index in [0.29, 0.717) is 12.8 Å². The Bertz CT molecular complexity index is 349. The average Bonchev–Trinajstić information content (AvgIpc) is 2.53. The summed E-state index contributed by atoms with van der Waals surface area (Å²) in [4.78, 5) is 4.74. The second kappa shape index (κ2) is 8.14. The molecule has 2 aliphatic heterocycles. The largest absolute Gasteiger partial charge is 0.411 e. The Balaban J connectivity index is 1.69. The van der Waals surface area contributed by atoms with Gasteiger partial charge in [0.15, 0.2) is 0 Å². The molecule has 2 rings (SSSR count). The van der Waals surface area contributed by atoms with Crippen molar-refractivity contribution >= 4 is 0 Å². The molecule has 2 heterocycles. The number of rotatable bonds is 6. The fraction of sp³-hybridized carbons (Fsp3) is 1.00. The molecule has 2 aliphatic rings. The number of piperidine rings is 2. The molecule has 0 saturated carbocycles. The zero-order valence-electron chi connectivity index (χ0n) is 14.3. The summed E-state index contributed by atoms with van der Waals surface area (Å²) >= 11 is 0. The molecule has 0 bridgehead atoms. The Kier molecular flexibility index (Phi) is 6.71. The zero-order valence-corrected chi connectivity index (χ0v) is 14.3. The monoisotopic (exact) mass is 337 g/mol. The van der Waals surface area contributed by atoms with Crippen molar-refractivity contribution < 1.29 is 17.9 Å². The summed E-state index contributed by atoms with van der Waals surface area (Å²) in [7, 11) is 3.85. The fourth-order valence-corrected chi connectivity index (χ4v) is 3.54. The lowest BCUT2D eigenvalue weighted by Gasteiger charge is -2.42. The van der Waals surface area contributed by atoms with Crippen molar-refractivity contribution in [1.29, 1.82) is 0 Å². The Morgan fingerprint density at radius 2 is 1.74 bits per heavy atom. The van der Waals surface area contributed by atoms with Crippen LogP contribution in [0.15, 0.2) is 0 Å². The highest BCUT2D eigenvalue weighted by Gasteiger charge is 2.38. The van der Waals surface area contributed by atoms with E-state index in [1.165, 1.54) is 32.4 Å². The zero-order chi connectivity index (χ0) is 16.9. The minimum absolute atomic E-state index is 0.604. The van der Waals surface area contributed by atoms with Crippen LogP contribution in [0.1, 0.15) is 32.1 Å². The quantitative estimate of drug-likeness (QED) is 0.753. The number of alkyl halides is 3. The predicted molar refractivity (Wildman–Crippen MR) is 84.3 cm³/mol. The van der Waals surface area contributed by atoms with E-state index in [4.69, 9.17) is 4.74 Å². The number of halogens is 3. The maximum Gasteiger partial charge on any atom is 0.411 e. The Hall–Kier alpha value is -0.370. The number of hydrogen-bond donors (Lipinski definition) is 1. The molecule has 7 heteroatoms. The molecule has 1 N–H and O–H groups in total. The van der Waals surface area contributed by atoms with E-state index in [2.05, 4.69) is 22.2 Å². The molecule has 0 aromatic rings. The summed E-state index contributed by atoms with van der Waals surface area (Å²) in [6, 6.07) is 0. The summed E-state index contributed by atoms with van der Waals surface area (Å²) in [6.45, 7) is 3.82. The van der Waals surface area contributed by atoms with Gasteiger partial charge in [0, 0.05) is 25.9 Å². The van der Waals surface area contributed by atoms with E-state index in [1.807, 2.05) is 0 Å². The van der Waals surface area contributed by atoms with Crippen molar-refractivity contribution in [3.8, 4) is 0 Å². The molecule has 0 radical (unpaired) electrons. The smallest absolute Gasteiger partial charge is 0.351 e. The molecular weight excluding hydrogens is 307 g/mol. The van der Waals surface area contributed by atoms with Gasteiger partial charge in [-0.3, -0.25) is 5.32 Å². The Labute approximate surface area is 137 Å². The average molecular weight is 337 g/mol. The highest BCUT2D eigenvalue weighted by Crippen LogP contribution is 2.27. The van der Waals surface area contributed by atoms with Crippen molar-refractivity contribution in [2.24, 2.45) is 5.92 Å². The number of ether oxygens (including phenoxy) is 1. The maximum atomic E-state index is 12.4. The van der Waals surface area contributed by atoms with Crippen LogP contribution in [-0.4, -0.2) is 75.1 Å². The molecule has 0 atom stereocenters. The molecule has 0 amide bonds. The van der Waals surface area contributed by atoms with E-state index >= 15 is 0 Å². The molecule has 0 aromatic carbocycles. The van der Waals surface area contributed by atoms with Crippen molar-refractivity contribution in [3.63, 3.8) is 0 Å². The van der Waals surface area contributed by atoms with Crippen LogP contribution in [0.5, 0.6) is 0 Å². The van der Waals surface area contributed by atoms with Crippen LogP contribution >= 0.6 is 0 Å². The van der Waals surface area contributed by atoms with Crippen LogP contribution in [0.2, 0.25) is 0 Å². The summed E-state index contributed by atoms with van der Waals surface area (Å²) in [6.07, 6.45) is 0.665. The van der Waals surface area contributed by atoms with Crippen LogP contribution in [-0.2, 0) is 4.74 Å². The first-order chi connectivity index (χ1) is 10.8. The van der Waals surface area contributed by atoms with Gasteiger partial charge < -0.3 is 14.5 Å². The molecule has 0 aliphatic carbocycles. The lowest BCUT2D eigenvalue weighted by atomic mass is 9.93. The van der Waals surface area contributed by atoms with Crippen LogP contribution in [0.3, 0.4) is 0 Å². The van der Waals surface area contributed by atoms with Gasteiger partial charge >= 0.3 is 6.18 Å². The molecule has 4 nitrogen and oxygen atoms in total. The van der Waals surface area contributed by atoms with E-state index < -0.39 is 18.5 Å². The highest BCUT2D eigenvalue weighted by molar-refractivity contribution is 4.85. The van der Waals surface area contributed by atoms with Gasteiger partial charge in [0.2, 0.25) is 0 Å². The van der Waals surface area contributed by atoms with Crippen LogP contribution < -0.4 is 5.32 Å². The van der Waals surface area contributed by atoms with Gasteiger partial charge in [-0.2, -0.15) is 13.2 Å². The third-order valence-electron chi connectivity index (χ3n) is 5.32. The van der Waals surface area contributed by atoms with Gasteiger partial charge in [0.1, 0.15) is 12.3 Å². The molecule has 23 heavy (non-hydrogen) atoms. The van der Waals surface area contributed by atoms with Gasteiger partial charge in [-0.1, -0.05) is 0 Å². The molecule has 136 valence electrons. The molecule has 0 unspecified atom stereocenters. The normalized spacial score (nSPS) is 24.9. The van der Waals surface area contributed by atoms with E-state index in [0.717, 1.165) is 25.6 Å². The van der Waals surface area contributed by atoms with Gasteiger partial charge in [-0.25, -0.2) is 0 Å². The first-order valence-electron chi connectivity index (χ1n) is 8.62. The van der Waals surface area contributed by atoms with E-state index in [-0.39, 0.29) is 0 Å². The lowest BCUT2D eigenvalue weighted by Crippen LogP contribution is -2.55. The third kappa shape index (κ3) is 6.21. The van der Waals surface area contributed by atoms with Crippen molar-refractivity contribution in [3.05, 3.63) is 0 Å². The first-order valence-corrected chi connectivity index (χ1v) is 8.62. The van der Waals surface area contributed by atoms with Gasteiger partial charge in [-0.05, 0) is 58.9 Å². The minimum atomic E-state index is -4.27. The minimum Gasteiger partial charge on any atom is -0.351 e. The number of nitrogens with zero attached hydrogens (tertiary/aromatic N) is 2. The fourth-order valence-electron chi connectivity index (χ4n) is 3.54. The third-order valence-corrected chi connectivity index (χ3v) is 5.32. The SMILES string of the molecule is CNC1(OCC(F)(F)F)CCN(CCC2CCN(C)CC2)CC1.